The summed E-state index contributed by atoms with van der Waals surface area (Å²) < 4.78 is 0. The summed E-state index contributed by atoms with van der Waals surface area (Å²) in [5, 5.41) is 10.9. The van der Waals surface area contributed by atoms with Crippen LogP contribution in [0.3, 0.4) is 0 Å². The number of aromatic nitrogens is 5. The molecule has 0 unspecified atom stereocenters. The molecule has 2 N–H and O–H groups in total. The van der Waals surface area contributed by atoms with Gasteiger partial charge in [-0.25, -0.2) is 15.1 Å². The molecule has 6 nitrogen and oxygen atoms in total. The van der Waals surface area contributed by atoms with Gasteiger partial charge in [0.05, 0.1) is 5.69 Å². The monoisotopic (exact) mass is 312 g/mol. The molecule has 0 spiro atoms. The maximum Gasteiger partial charge on any atom is 0.225 e. The molecule has 3 aromatic rings. The Morgan fingerprint density at radius 2 is 1.95 bits per heavy atom. The minimum Gasteiger partial charge on any atom is -0.309 e. The number of nitrogens with one attached hydrogen (secondary N) is 2. The number of anilines is 2. The molecule has 1 aromatic carbocycles. The second-order valence-corrected chi connectivity index (χ2v) is 5.81. The van der Waals surface area contributed by atoms with E-state index < -0.39 is 0 Å². The van der Waals surface area contributed by atoms with E-state index in [2.05, 4.69) is 37.4 Å². The standard InChI is InChI=1S/C15H16N6S/c1-3-22-15-19-14(20-21-15)18-13-9-12(16-10(2)17-13)11-7-5-4-6-8-11/h4-9H,3H2,1-2H3,(H2,16,17,18,19,20,21). The van der Waals surface area contributed by atoms with Gasteiger partial charge in [-0.1, -0.05) is 49.0 Å². The summed E-state index contributed by atoms with van der Waals surface area (Å²) in [6.07, 6.45) is 0. The van der Waals surface area contributed by atoms with Crippen LogP contribution in [0.5, 0.6) is 0 Å². The Morgan fingerprint density at radius 1 is 1.14 bits per heavy atom. The molecule has 2 heterocycles. The lowest BCUT2D eigenvalue weighted by atomic mass is 10.1. The Hall–Kier alpha value is -2.41. The van der Waals surface area contributed by atoms with Crippen LogP contribution in [0, 0.1) is 6.92 Å². The molecular formula is C15H16N6S. The number of rotatable bonds is 5. The van der Waals surface area contributed by atoms with Crippen LogP contribution in [-0.2, 0) is 0 Å². The second kappa shape index (κ2) is 6.57. The summed E-state index contributed by atoms with van der Waals surface area (Å²) >= 11 is 1.58. The molecule has 3 rings (SSSR count). The third kappa shape index (κ3) is 3.43. The maximum atomic E-state index is 4.48. The Labute approximate surface area is 132 Å². The Bertz CT molecular complexity index is 756. The minimum absolute atomic E-state index is 0.577. The van der Waals surface area contributed by atoms with Gasteiger partial charge >= 0.3 is 0 Å². The van der Waals surface area contributed by atoms with E-state index in [1.165, 1.54) is 0 Å². The van der Waals surface area contributed by atoms with Crippen LogP contribution in [0.4, 0.5) is 11.8 Å². The molecule has 0 atom stereocenters. The van der Waals surface area contributed by atoms with E-state index >= 15 is 0 Å². The van der Waals surface area contributed by atoms with Gasteiger partial charge in [-0.05, 0) is 12.7 Å². The largest absolute Gasteiger partial charge is 0.309 e. The van der Waals surface area contributed by atoms with Gasteiger partial charge in [-0.15, -0.1) is 5.10 Å². The molecule has 0 radical (unpaired) electrons. The fraction of sp³-hybridized carbons (Fsp3) is 0.200. The lowest BCUT2D eigenvalue weighted by Crippen LogP contribution is -2.00. The smallest absolute Gasteiger partial charge is 0.225 e. The zero-order valence-corrected chi connectivity index (χ0v) is 13.2. The molecule has 2 aromatic heterocycles. The number of hydrogen-bond donors (Lipinski definition) is 2. The topological polar surface area (TPSA) is 79.4 Å². The van der Waals surface area contributed by atoms with E-state index in [1.807, 2.05) is 43.3 Å². The average Bonchev–Trinajstić information content (AvgIpc) is 2.95. The van der Waals surface area contributed by atoms with Gasteiger partial charge in [0.2, 0.25) is 11.1 Å². The van der Waals surface area contributed by atoms with Crippen molar-refractivity contribution in [1.29, 1.82) is 0 Å². The molecule has 0 saturated carbocycles. The van der Waals surface area contributed by atoms with Gasteiger partial charge in [0.25, 0.3) is 0 Å². The van der Waals surface area contributed by atoms with Crippen LogP contribution in [-0.4, -0.2) is 30.9 Å². The number of hydrogen-bond acceptors (Lipinski definition) is 6. The summed E-state index contributed by atoms with van der Waals surface area (Å²) in [6.45, 7) is 3.93. The highest BCUT2D eigenvalue weighted by Crippen LogP contribution is 2.21. The van der Waals surface area contributed by atoms with Crippen LogP contribution >= 0.6 is 11.8 Å². The predicted octanol–water partition coefficient (Wildman–Crippen LogP) is 3.43. The molecule has 7 heteroatoms. The minimum atomic E-state index is 0.577. The number of aromatic amines is 1. The molecule has 112 valence electrons. The first kappa shape index (κ1) is 14.5. The van der Waals surface area contributed by atoms with Crippen molar-refractivity contribution in [1.82, 2.24) is 25.1 Å². The number of H-pyrrole nitrogens is 1. The van der Waals surface area contributed by atoms with Gasteiger partial charge in [-0.3, -0.25) is 0 Å². The second-order valence-electron chi connectivity index (χ2n) is 4.58. The fourth-order valence-corrected chi connectivity index (χ4v) is 2.53. The van der Waals surface area contributed by atoms with Crippen LogP contribution < -0.4 is 5.32 Å². The number of benzene rings is 1. The zero-order valence-electron chi connectivity index (χ0n) is 12.4. The quantitative estimate of drug-likeness (QED) is 0.703. The average molecular weight is 312 g/mol. The van der Waals surface area contributed by atoms with Crippen molar-refractivity contribution in [2.75, 3.05) is 11.1 Å². The van der Waals surface area contributed by atoms with E-state index in [1.54, 1.807) is 11.8 Å². The Morgan fingerprint density at radius 3 is 2.73 bits per heavy atom. The van der Waals surface area contributed by atoms with Crippen molar-refractivity contribution in [3.05, 3.63) is 42.2 Å². The van der Waals surface area contributed by atoms with Crippen molar-refractivity contribution in [3.8, 4) is 11.3 Å². The van der Waals surface area contributed by atoms with E-state index in [0.717, 1.165) is 22.2 Å². The summed E-state index contributed by atoms with van der Waals surface area (Å²) in [6, 6.07) is 11.9. The maximum absolute atomic E-state index is 4.48. The zero-order chi connectivity index (χ0) is 15.4. The molecule has 0 aliphatic heterocycles. The predicted molar refractivity (Wildman–Crippen MR) is 88.3 cm³/mol. The van der Waals surface area contributed by atoms with E-state index in [-0.39, 0.29) is 0 Å². The lowest BCUT2D eigenvalue weighted by molar-refractivity contribution is 0.974. The van der Waals surface area contributed by atoms with E-state index in [4.69, 9.17) is 0 Å². The Balaban J connectivity index is 1.86. The van der Waals surface area contributed by atoms with Crippen molar-refractivity contribution in [2.45, 2.75) is 19.0 Å². The van der Waals surface area contributed by atoms with Crippen molar-refractivity contribution >= 4 is 23.5 Å². The number of nitrogens with zero attached hydrogens (tertiary/aromatic N) is 4. The summed E-state index contributed by atoms with van der Waals surface area (Å²) in [5.41, 5.74) is 1.93. The van der Waals surface area contributed by atoms with Crippen molar-refractivity contribution in [2.24, 2.45) is 0 Å². The first-order valence-corrected chi connectivity index (χ1v) is 7.96. The van der Waals surface area contributed by atoms with E-state index in [0.29, 0.717) is 17.6 Å². The van der Waals surface area contributed by atoms with Gasteiger partial charge in [0.15, 0.2) is 0 Å². The van der Waals surface area contributed by atoms with Gasteiger partial charge < -0.3 is 5.32 Å². The highest BCUT2D eigenvalue weighted by molar-refractivity contribution is 7.99. The normalized spacial score (nSPS) is 10.6. The number of thioether (sulfide) groups is 1. The third-order valence-electron chi connectivity index (χ3n) is 2.89. The first-order valence-electron chi connectivity index (χ1n) is 6.98. The number of aryl methyl sites for hydroxylation is 1. The lowest BCUT2D eigenvalue weighted by Gasteiger charge is -2.06. The highest BCUT2D eigenvalue weighted by Gasteiger charge is 2.07. The third-order valence-corrected chi connectivity index (χ3v) is 3.62. The van der Waals surface area contributed by atoms with Crippen LogP contribution in [0.15, 0.2) is 41.6 Å². The molecule has 0 amide bonds. The molecular weight excluding hydrogens is 296 g/mol. The fourth-order valence-electron chi connectivity index (χ4n) is 2.01. The van der Waals surface area contributed by atoms with Crippen LogP contribution in [0.25, 0.3) is 11.3 Å². The summed E-state index contributed by atoms with van der Waals surface area (Å²) in [4.78, 5) is 13.2. The molecule has 0 aliphatic rings. The molecule has 0 fully saturated rings. The van der Waals surface area contributed by atoms with Crippen LogP contribution in [0.1, 0.15) is 12.7 Å². The summed E-state index contributed by atoms with van der Waals surface area (Å²) in [5.74, 6) is 2.90. The molecule has 0 aliphatic carbocycles. The molecule has 0 saturated heterocycles. The molecule has 0 bridgehead atoms. The van der Waals surface area contributed by atoms with Crippen molar-refractivity contribution in [3.63, 3.8) is 0 Å². The summed E-state index contributed by atoms with van der Waals surface area (Å²) in [7, 11) is 0. The van der Waals surface area contributed by atoms with Crippen LogP contribution in [0.2, 0.25) is 0 Å². The van der Waals surface area contributed by atoms with Crippen molar-refractivity contribution < 1.29 is 0 Å². The molecule has 22 heavy (non-hydrogen) atoms. The SMILES string of the molecule is CCSc1n[nH]c(Nc2cc(-c3ccccc3)nc(C)n2)n1. The highest BCUT2D eigenvalue weighted by atomic mass is 32.2. The van der Waals surface area contributed by atoms with Gasteiger partial charge in [-0.2, -0.15) is 4.98 Å². The Kier molecular flexibility index (Phi) is 4.34. The van der Waals surface area contributed by atoms with Gasteiger partial charge in [0, 0.05) is 11.6 Å². The van der Waals surface area contributed by atoms with Gasteiger partial charge in [0.1, 0.15) is 11.6 Å². The first-order chi connectivity index (χ1) is 10.7. The van der Waals surface area contributed by atoms with E-state index in [9.17, 15) is 0 Å².